The molecule has 136 valence electrons. The van der Waals surface area contributed by atoms with E-state index in [0.29, 0.717) is 11.4 Å². The summed E-state index contributed by atoms with van der Waals surface area (Å²) in [6.45, 7) is -0.341. The van der Waals surface area contributed by atoms with Crippen LogP contribution in [0.1, 0.15) is 0 Å². The summed E-state index contributed by atoms with van der Waals surface area (Å²) < 4.78 is 27.4. The van der Waals surface area contributed by atoms with E-state index in [1.807, 2.05) is 0 Å². The van der Waals surface area contributed by atoms with Gasteiger partial charge in [0.05, 0.1) is 22.2 Å². The molecule has 3 rings (SSSR count). The molecule has 0 atom stereocenters. The minimum atomic E-state index is -3.61. The molecule has 0 unspecified atom stereocenters. The predicted octanol–water partition coefficient (Wildman–Crippen LogP) is 2.00. The molecular weight excluding hydrogens is 374 g/mol. The first kappa shape index (κ1) is 18.2. The largest absolute Gasteiger partial charge is 0.324 e. The molecule has 26 heavy (non-hydrogen) atoms. The summed E-state index contributed by atoms with van der Waals surface area (Å²) >= 11 is 1.08. The topological polar surface area (TPSA) is 88.5 Å². The number of anilines is 2. The number of thiazole rings is 1. The van der Waals surface area contributed by atoms with Gasteiger partial charge in [-0.25, -0.2) is 8.42 Å². The minimum Gasteiger partial charge on any atom is -0.324 e. The average molecular weight is 391 g/mol. The smallest absolute Gasteiger partial charge is 0.307 e. The maximum Gasteiger partial charge on any atom is 0.307 e. The normalized spacial score (nSPS) is 11.5. The van der Waals surface area contributed by atoms with Crippen LogP contribution in [0.25, 0.3) is 10.2 Å². The van der Waals surface area contributed by atoms with Crippen molar-refractivity contribution in [2.75, 3.05) is 22.4 Å². The van der Waals surface area contributed by atoms with Crippen molar-refractivity contribution < 1.29 is 13.2 Å². The second-order valence-electron chi connectivity index (χ2n) is 5.76. The first-order valence-corrected chi connectivity index (χ1v) is 10.3. The molecule has 0 saturated heterocycles. The van der Waals surface area contributed by atoms with E-state index in [9.17, 15) is 18.0 Å². The third-order valence-corrected chi connectivity index (χ3v) is 5.94. The number of hydrogen-bond acceptors (Lipinski definition) is 5. The number of benzene rings is 2. The molecule has 0 aliphatic carbocycles. The van der Waals surface area contributed by atoms with Gasteiger partial charge in [-0.2, -0.15) is 0 Å². The molecule has 7 nitrogen and oxygen atoms in total. The molecule has 1 amide bonds. The van der Waals surface area contributed by atoms with Crippen LogP contribution < -0.4 is 14.5 Å². The fourth-order valence-corrected chi connectivity index (χ4v) is 4.31. The molecule has 1 N–H and O–H groups in total. The lowest BCUT2D eigenvalue weighted by molar-refractivity contribution is -0.114. The van der Waals surface area contributed by atoms with Crippen LogP contribution in [0.15, 0.2) is 53.3 Å². The van der Waals surface area contributed by atoms with E-state index < -0.39 is 15.9 Å². The number of aromatic nitrogens is 1. The summed E-state index contributed by atoms with van der Waals surface area (Å²) in [7, 11) is -1.93. The van der Waals surface area contributed by atoms with Gasteiger partial charge in [0, 0.05) is 12.7 Å². The van der Waals surface area contributed by atoms with E-state index in [0.717, 1.165) is 32.1 Å². The average Bonchev–Trinajstić information content (AvgIpc) is 2.86. The van der Waals surface area contributed by atoms with E-state index in [1.54, 1.807) is 55.6 Å². The highest BCUT2D eigenvalue weighted by Crippen LogP contribution is 2.22. The zero-order valence-corrected chi connectivity index (χ0v) is 15.8. The number of hydrogen-bond donors (Lipinski definition) is 1. The molecule has 3 aromatic rings. The van der Waals surface area contributed by atoms with Gasteiger partial charge in [0.2, 0.25) is 15.9 Å². The lowest BCUT2D eigenvalue weighted by Gasteiger charge is -2.21. The number of nitrogens with one attached hydrogen (secondary N) is 1. The Hall–Kier alpha value is -2.65. The molecule has 0 radical (unpaired) electrons. The molecule has 0 fully saturated rings. The van der Waals surface area contributed by atoms with Gasteiger partial charge in [-0.15, -0.1) is 0 Å². The highest BCUT2D eigenvalue weighted by molar-refractivity contribution is 7.92. The number of amides is 1. The van der Waals surface area contributed by atoms with Gasteiger partial charge in [0.15, 0.2) is 0 Å². The van der Waals surface area contributed by atoms with E-state index in [-0.39, 0.29) is 11.4 Å². The quantitative estimate of drug-likeness (QED) is 0.721. The summed E-state index contributed by atoms with van der Waals surface area (Å²) in [5.41, 5.74) is 1.70. The summed E-state index contributed by atoms with van der Waals surface area (Å²) in [6.07, 6.45) is 1.06. The van der Waals surface area contributed by atoms with E-state index in [4.69, 9.17) is 0 Å². The summed E-state index contributed by atoms with van der Waals surface area (Å²) in [5, 5.41) is 2.69. The summed E-state index contributed by atoms with van der Waals surface area (Å²) in [6, 6.07) is 13.6. The van der Waals surface area contributed by atoms with Crippen molar-refractivity contribution >= 4 is 48.9 Å². The molecule has 0 bridgehead atoms. The van der Waals surface area contributed by atoms with E-state index in [2.05, 4.69) is 5.32 Å². The second kappa shape index (κ2) is 6.93. The van der Waals surface area contributed by atoms with Crippen molar-refractivity contribution in [3.05, 3.63) is 58.2 Å². The second-order valence-corrected chi connectivity index (χ2v) is 8.66. The highest BCUT2D eigenvalue weighted by Gasteiger charge is 2.20. The van der Waals surface area contributed by atoms with Gasteiger partial charge >= 0.3 is 4.87 Å². The van der Waals surface area contributed by atoms with Crippen LogP contribution in [0.4, 0.5) is 11.4 Å². The zero-order valence-electron chi connectivity index (χ0n) is 14.2. The molecule has 0 spiro atoms. The number of carbonyl (C=O) groups excluding carboxylic acids is 1. The molecule has 2 aromatic carbocycles. The van der Waals surface area contributed by atoms with Gasteiger partial charge < -0.3 is 9.88 Å². The van der Waals surface area contributed by atoms with Gasteiger partial charge in [0.1, 0.15) is 6.54 Å². The van der Waals surface area contributed by atoms with Gasteiger partial charge in [-0.3, -0.25) is 13.9 Å². The first-order valence-electron chi connectivity index (χ1n) is 7.68. The van der Waals surface area contributed by atoms with Crippen LogP contribution in [-0.2, 0) is 21.9 Å². The van der Waals surface area contributed by atoms with Gasteiger partial charge in [-0.05, 0) is 30.3 Å². The molecule has 0 aliphatic heterocycles. The zero-order chi connectivity index (χ0) is 18.9. The van der Waals surface area contributed by atoms with Crippen LogP contribution in [0, 0.1) is 0 Å². The van der Waals surface area contributed by atoms with Gasteiger partial charge in [0.25, 0.3) is 0 Å². The third kappa shape index (κ3) is 3.78. The lowest BCUT2D eigenvalue weighted by atomic mass is 10.3. The summed E-state index contributed by atoms with van der Waals surface area (Å²) in [5.74, 6) is -0.470. The Morgan fingerprint density at radius 1 is 1.19 bits per heavy atom. The fraction of sp³-hybridized carbons (Fsp3) is 0.176. The number of aryl methyl sites for hydroxylation is 1. The molecule has 1 aromatic heterocycles. The van der Waals surface area contributed by atoms with Gasteiger partial charge in [-0.1, -0.05) is 29.5 Å². The third-order valence-electron chi connectivity index (χ3n) is 3.81. The van der Waals surface area contributed by atoms with E-state index in [1.165, 1.54) is 4.57 Å². The van der Waals surface area contributed by atoms with Crippen molar-refractivity contribution in [2.45, 2.75) is 0 Å². The summed E-state index contributed by atoms with van der Waals surface area (Å²) in [4.78, 5) is 24.0. The fourth-order valence-electron chi connectivity index (χ4n) is 2.54. The maximum absolute atomic E-state index is 12.4. The van der Waals surface area contributed by atoms with Crippen LogP contribution in [0.2, 0.25) is 0 Å². The van der Waals surface area contributed by atoms with Crippen molar-refractivity contribution in [1.29, 1.82) is 0 Å². The highest BCUT2D eigenvalue weighted by atomic mass is 32.2. The molecule has 0 saturated carbocycles. The molecule has 0 aliphatic rings. The van der Waals surface area contributed by atoms with Crippen molar-refractivity contribution in [3.63, 3.8) is 0 Å². The van der Waals surface area contributed by atoms with Crippen LogP contribution in [0.3, 0.4) is 0 Å². The number of nitrogens with zero attached hydrogens (tertiary/aromatic N) is 2. The van der Waals surface area contributed by atoms with Crippen molar-refractivity contribution in [3.8, 4) is 0 Å². The van der Waals surface area contributed by atoms with Crippen molar-refractivity contribution in [2.24, 2.45) is 7.05 Å². The monoisotopic (exact) mass is 391 g/mol. The van der Waals surface area contributed by atoms with E-state index >= 15 is 0 Å². The number of carbonyl (C=O) groups is 1. The SMILES string of the molecule is Cn1c(=O)sc2cc(NC(=O)CN(c3ccccc3)S(C)(=O)=O)ccc21. The Morgan fingerprint density at radius 2 is 1.88 bits per heavy atom. The Kier molecular flexibility index (Phi) is 4.84. The Balaban J connectivity index is 1.82. The lowest BCUT2D eigenvalue weighted by Crippen LogP contribution is -2.37. The number of para-hydroxylation sites is 1. The Bertz CT molecular complexity index is 1120. The Morgan fingerprint density at radius 3 is 2.54 bits per heavy atom. The van der Waals surface area contributed by atoms with Crippen LogP contribution in [0.5, 0.6) is 0 Å². The Labute approximate surface area is 154 Å². The van der Waals surface area contributed by atoms with Crippen LogP contribution in [-0.4, -0.2) is 31.7 Å². The standard InChI is InChI=1S/C17H17N3O4S2/c1-19-14-9-8-12(10-15(14)25-17(19)22)18-16(21)11-20(26(2,23)24)13-6-4-3-5-7-13/h3-10H,11H2,1-2H3,(H,18,21). The molecular formula is C17H17N3O4S2. The minimum absolute atomic E-state index is 0.0872. The maximum atomic E-state index is 12.4. The van der Waals surface area contributed by atoms with Crippen molar-refractivity contribution in [1.82, 2.24) is 4.57 Å². The number of fused-ring (bicyclic) bond motifs is 1. The van der Waals surface area contributed by atoms with Crippen LogP contribution >= 0.6 is 11.3 Å². The predicted molar refractivity (Wildman–Crippen MR) is 104 cm³/mol. The molecule has 1 heterocycles. The molecule has 9 heteroatoms. The first-order chi connectivity index (χ1) is 12.3. The number of rotatable bonds is 5. The number of sulfonamides is 1.